The van der Waals surface area contributed by atoms with Crippen molar-refractivity contribution in [3.8, 4) is 0 Å². The van der Waals surface area contributed by atoms with Crippen molar-refractivity contribution < 1.29 is 14.3 Å². The summed E-state index contributed by atoms with van der Waals surface area (Å²) < 4.78 is 7.28. The van der Waals surface area contributed by atoms with Gasteiger partial charge >= 0.3 is 6.09 Å². The third-order valence-electron chi connectivity index (χ3n) is 9.20. The molecule has 11 nitrogen and oxygen atoms in total. The molecule has 3 aliphatic rings. The lowest BCUT2D eigenvalue weighted by Gasteiger charge is -2.40. The molecule has 0 atom stereocenters. The molecule has 44 heavy (non-hydrogen) atoms. The molecule has 1 saturated heterocycles. The van der Waals surface area contributed by atoms with Crippen molar-refractivity contribution in [1.29, 1.82) is 0 Å². The first-order valence-corrected chi connectivity index (χ1v) is 15.9. The summed E-state index contributed by atoms with van der Waals surface area (Å²) in [5, 5.41) is 3.99. The smallest absolute Gasteiger partial charge is 0.410 e. The Morgan fingerprint density at radius 1 is 1.00 bits per heavy atom. The number of aryl methyl sites for hydroxylation is 1. The predicted molar refractivity (Wildman–Crippen MR) is 169 cm³/mol. The summed E-state index contributed by atoms with van der Waals surface area (Å²) in [4.78, 5) is 57.0. The largest absolute Gasteiger partial charge is 0.444 e. The number of ether oxygens (including phenoxy) is 1. The van der Waals surface area contributed by atoms with Gasteiger partial charge in [-0.3, -0.25) is 19.1 Å². The Bertz CT molecular complexity index is 1650. The number of hydrogen-bond donors (Lipinski definition) is 1. The fourth-order valence-electron chi connectivity index (χ4n) is 6.98. The van der Waals surface area contributed by atoms with Gasteiger partial charge in [0, 0.05) is 62.0 Å². The van der Waals surface area contributed by atoms with E-state index in [4.69, 9.17) is 14.7 Å². The van der Waals surface area contributed by atoms with Crippen molar-refractivity contribution in [2.75, 3.05) is 25.0 Å². The first-order chi connectivity index (χ1) is 21.0. The predicted octanol–water partition coefficient (Wildman–Crippen LogP) is 5.31. The molecule has 1 N–H and O–H groups in total. The Labute approximate surface area is 258 Å². The second-order valence-corrected chi connectivity index (χ2v) is 13.4. The lowest BCUT2D eigenvalue weighted by atomic mass is 9.98. The number of aromatic nitrogens is 4. The number of anilines is 2. The van der Waals surface area contributed by atoms with Gasteiger partial charge in [-0.15, -0.1) is 0 Å². The highest BCUT2D eigenvalue weighted by molar-refractivity contribution is 5.99. The van der Waals surface area contributed by atoms with E-state index < -0.39 is 5.60 Å². The SMILES string of the molecule is CC(=O)c1c(C)c2cnc(Nc3ccc4c(n3)CCN(C3CCN(C(=O)OC(C)(C)C)CC3)C4)nc2n(C2CCCC2)c1=O. The van der Waals surface area contributed by atoms with Crippen LogP contribution in [0.3, 0.4) is 0 Å². The van der Waals surface area contributed by atoms with Crippen LogP contribution in [-0.2, 0) is 17.7 Å². The maximum absolute atomic E-state index is 13.5. The molecular formula is C33H43N7O4. The zero-order chi connectivity index (χ0) is 31.2. The molecule has 2 aliphatic heterocycles. The van der Waals surface area contributed by atoms with E-state index in [2.05, 4.69) is 21.3 Å². The van der Waals surface area contributed by atoms with E-state index in [1.807, 2.05) is 31.7 Å². The van der Waals surface area contributed by atoms with Gasteiger partial charge < -0.3 is 15.0 Å². The van der Waals surface area contributed by atoms with Gasteiger partial charge in [0.15, 0.2) is 5.78 Å². The van der Waals surface area contributed by atoms with Gasteiger partial charge in [0.2, 0.25) is 5.95 Å². The summed E-state index contributed by atoms with van der Waals surface area (Å²) in [5.41, 5.74) is 2.95. The third-order valence-corrected chi connectivity index (χ3v) is 9.20. The minimum atomic E-state index is -0.483. The van der Waals surface area contributed by atoms with Crippen LogP contribution in [0.25, 0.3) is 11.0 Å². The van der Waals surface area contributed by atoms with E-state index in [1.54, 1.807) is 17.7 Å². The average molecular weight is 602 g/mol. The number of piperidine rings is 1. The standard InChI is InChI=1S/C33H43N7O4/c1-20-25-18-34-31(37-29(25)40(24-8-6-7-9-24)30(42)28(20)21(2)41)36-27-11-10-22-19-39(17-14-26(22)35-27)23-12-15-38(16-13-23)32(43)44-33(3,4)5/h10-11,18,23-24H,6-9,12-17,19H2,1-5H3,(H,34,35,36,37). The fraction of sp³-hybridized carbons (Fsp3) is 0.576. The molecule has 2 fully saturated rings. The topological polar surface area (TPSA) is 123 Å². The summed E-state index contributed by atoms with van der Waals surface area (Å²) >= 11 is 0. The van der Waals surface area contributed by atoms with Crippen LogP contribution in [0.4, 0.5) is 16.6 Å². The monoisotopic (exact) mass is 601 g/mol. The van der Waals surface area contributed by atoms with Crippen LogP contribution in [0, 0.1) is 6.92 Å². The summed E-state index contributed by atoms with van der Waals surface area (Å²) in [5.74, 6) is 0.806. The Morgan fingerprint density at radius 3 is 2.41 bits per heavy atom. The highest BCUT2D eigenvalue weighted by Gasteiger charge is 2.31. The first kappa shape index (κ1) is 30.2. The normalized spacial score (nSPS) is 18.4. The molecule has 11 heteroatoms. The van der Waals surface area contributed by atoms with Crippen LogP contribution in [0.5, 0.6) is 0 Å². The number of pyridine rings is 2. The number of rotatable bonds is 5. The highest BCUT2D eigenvalue weighted by atomic mass is 16.6. The number of nitrogens with one attached hydrogen (secondary N) is 1. The fourth-order valence-corrected chi connectivity index (χ4v) is 6.98. The van der Waals surface area contributed by atoms with Crippen molar-refractivity contribution in [3.05, 3.63) is 51.1 Å². The van der Waals surface area contributed by atoms with Gasteiger partial charge in [-0.05, 0) is 77.5 Å². The number of hydrogen-bond acceptors (Lipinski definition) is 9. The summed E-state index contributed by atoms with van der Waals surface area (Å²) in [6.07, 6.45) is 8.09. The number of Topliss-reactive ketones (excluding diaryl/α,β-unsaturated/α-hetero) is 1. The second-order valence-electron chi connectivity index (χ2n) is 13.4. The van der Waals surface area contributed by atoms with Crippen molar-refractivity contribution in [3.63, 3.8) is 0 Å². The number of amides is 1. The highest BCUT2D eigenvalue weighted by Crippen LogP contribution is 2.32. The summed E-state index contributed by atoms with van der Waals surface area (Å²) in [6.45, 7) is 12.1. The molecule has 3 aromatic heterocycles. The first-order valence-electron chi connectivity index (χ1n) is 15.9. The van der Waals surface area contributed by atoms with Crippen LogP contribution < -0.4 is 10.9 Å². The molecule has 6 rings (SSSR count). The lowest BCUT2D eigenvalue weighted by molar-refractivity contribution is 0.0133. The summed E-state index contributed by atoms with van der Waals surface area (Å²) in [6, 6.07) is 4.52. The van der Waals surface area contributed by atoms with Crippen LogP contribution >= 0.6 is 0 Å². The average Bonchev–Trinajstić information content (AvgIpc) is 3.50. The lowest BCUT2D eigenvalue weighted by Crippen LogP contribution is -2.49. The zero-order valence-corrected chi connectivity index (χ0v) is 26.5. The molecule has 0 aromatic carbocycles. The Hall–Kier alpha value is -3.86. The molecule has 0 spiro atoms. The minimum absolute atomic E-state index is 0.0285. The van der Waals surface area contributed by atoms with Gasteiger partial charge in [0.25, 0.3) is 5.56 Å². The molecule has 0 bridgehead atoms. The van der Waals surface area contributed by atoms with E-state index in [1.165, 1.54) is 12.5 Å². The number of carbonyl (C=O) groups is 2. The van der Waals surface area contributed by atoms with E-state index in [0.29, 0.717) is 42.1 Å². The maximum atomic E-state index is 13.5. The van der Waals surface area contributed by atoms with Gasteiger partial charge in [0.1, 0.15) is 17.1 Å². The molecule has 0 radical (unpaired) electrons. The van der Waals surface area contributed by atoms with Crippen molar-refractivity contribution in [1.82, 2.24) is 29.3 Å². The van der Waals surface area contributed by atoms with Gasteiger partial charge in [-0.25, -0.2) is 14.8 Å². The van der Waals surface area contributed by atoms with Crippen LogP contribution in [-0.4, -0.2) is 72.5 Å². The Balaban J connectivity index is 1.17. The molecule has 1 saturated carbocycles. The molecule has 1 amide bonds. The maximum Gasteiger partial charge on any atom is 0.410 e. The Morgan fingerprint density at radius 2 is 1.73 bits per heavy atom. The summed E-state index contributed by atoms with van der Waals surface area (Å²) in [7, 11) is 0. The molecule has 5 heterocycles. The number of likely N-dealkylation sites (tertiary alicyclic amines) is 1. The zero-order valence-electron chi connectivity index (χ0n) is 26.5. The molecule has 1 aliphatic carbocycles. The van der Waals surface area contributed by atoms with E-state index in [0.717, 1.165) is 69.1 Å². The van der Waals surface area contributed by atoms with E-state index in [-0.39, 0.29) is 29.0 Å². The second kappa shape index (κ2) is 11.9. The van der Waals surface area contributed by atoms with Crippen LogP contribution in [0.1, 0.15) is 99.4 Å². The number of fused-ring (bicyclic) bond motifs is 2. The number of carbonyl (C=O) groups excluding carboxylic acids is 2. The quantitative estimate of drug-likeness (QED) is 0.388. The molecular weight excluding hydrogens is 558 g/mol. The van der Waals surface area contributed by atoms with Gasteiger partial charge in [-0.2, -0.15) is 4.98 Å². The third kappa shape index (κ3) is 6.06. The number of nitrogens with zero attached hydrogens (tertiary/aromatic N) is 6. The van der Waals surface area contributed by atoms with Crippen molar-refractivity contribution in [2.24, 2.45) is 0 Å². The Kier molecular flexibility index (Phi) is 8.17. The van der Waals surface area contributed by atoms with Crippen molar-refractivity contribution in [2.45, 2.75) is 104 Å². The van der Waals surface area contributed by atoms with Gasteiger partial charge in [0.05, 0.1) is 5.56 Å². The molecule has 0 unspecified atom stereocenters. The van der Waals surface area contributed by atoms with Crippen LogP contribution in [0.2, 0.25) is 0 Å². The molecule has 234 valence electrons. The van der Waals surface area contributed by atoms with Crippen molar-refractivity contribution >= 4 is 34.7 Å². The van der Waals surface area contributed by atoms with Crippen LogP contribution in [0.15, 0.2) is 23.1 Å². The number of ketones is 1. The van der Waals surface area contributed by atoms with Gasteiger partial charge in [-0.1, -0.05) is 18.9 Å². The van der Waals surface area contributed by atoms with E-state index >= 15 is 0 Å². The molecule has 3 aromatic rings. The van der Waals surface area contributed by atoms with E-state index in [9.17, 15) is 14.4 Å². The minimum Gasteiger partial charge on any atom is -0.444 e.